The molecule has 0 atom stereocenters. The van der Waals surface area contributed by atoms with Crippen molar-refractivity contribution < 1.29 is 19.1 Å². The average Bonchev–Trinajstić information content (AvgIpc) is 2.98. The van der Waals surface area contributed by atoms with Gasteiger partial charge < -0.3 is 15.4 Å². The van der Waals surface area contributed by atoms with Crippen LogP contribution in [0.3, 0.4) is 0 Å². The zero-order valence-corrected chi connectivity index (χ0v) is 21.3. The average molecular weight is 518 g/mol. The van der Waals surface area contributed by atoms with E-state index in [0.29, 0.717) is 34.7 Å². The molecule has 0 radical (unpaired) electrons. The van der Waals surface area contributed by atoms with E-state index in [0.717, 1.165) is 5.56 Å². The quantitative estimate of drug-likeness (QED) is 0.205. The van der Waals surface area contributed by atoms with Crippen molar-refractivity contribution in [3.63, 3.8) is 0 Å². The van der Waals surface area contributed by atoms with Gasteiger partial charge in [0.2, 0.25) is 0 Å². The molecular formula is C32H27N3O4. The van der Waals surface area contributed by atoms with E-state index in [2.05, 4.69) is 15.6 Å². The van der Waals surface area contributed by atoms with Crippen molar-refractivity contribution in [2.24, 2.45) is 0 Å². The first-order chi connectivity index (χ1) is 19.0. The fourth-order valence-corrected chi connectivity index (χ4v) is 3.59. The van der Waals surface area contributed by atoms with E-state index in [1.165, 1.54) is 6.08 Å². The molecule has 4 rings (SSSR count). The Labute approximate surface area is 226 Å². The molecule has 39 heavy (non-hydrogen) atoms. The molecule has 7 nitrogen and oxygen atoms in total. The van der Waals surface area contributed by atoms with Gasteiger partial charge >= 0.3 is 0 Å². The summed E-state index contributed by atoms with van der Waals surface area (Å²) in [5.74, 6) is -0.394. The standard InChI is InChI=1S/C32H27N3O4/c1-2-39-28-17-10-23(11-18-28)21-29(35-31(37)26-8-4-3-5-9-26)32(38)34-27-15-13-25(14-16-27)30(36)19-12-24-7-6-20-33-22-24/h3-22H,2H2,1H3,(H,34,38)(H,35,37)/b19-12+,29-21-. The van der Waals surface area contributed by atoms with Crippen molar-refractivity contribution in [2.45, 2.75) is 6.92 Å². The second-order valence-electron chi connectivity index (χ2n) is 8.40. The van der Waals surface area contributed by atoms with Crippen molar-refractivity contribution in [1.29, 1.82) is 0 Å². The summed E-state index contributed by atoms with van der Waals surface area (Å²) in [6.45, 7) is 2.44. The first kappa shape index (κ1) is 26.8. The second-order valence-corrected chi connectivity index (χ2v) is 8.40. The van der Waals surface area contributed by atoms with Gasteiger partial charge in [-0.05, 0) is 90.9 Å². The number of ether oxygens (including phenoxy) is 1. The van der Waals surface area contributed by atoms with Crippen molar-refractivity contribution in [3.05, 3.63) is 137 Å². The Kier molecular flexibility index (Phi) is 9.13. The van der Waals surface area contributed by atoms with Gasteiger partial charge in [-0.2, -0.15) is 0 Å². The van der Waals surface area contributed by atoms with Crippen LogP contribution in [0.2, 0.25) is 0 Å². The van der Waals surface area contributed by atoms with Crippen molar-refractivity contribution >= 4 is 35.4 Å². The molecule has 0 aliphatic rings. The SMILES string of the molecule is CCOc1ccc(/C=C(\NC(=O)c2ccccc2)C(=O)Nc2ccc(C(=O)/C=C/c3cccnc3)cc2)cc1. The molecule has 0 fully saturated rings. The molecule has 1 heterocycles. The number of anilines is 1. The minimum absolute atomic E-state index is 0.0626. The van der Waals surface area contributed by atoms with Gasteiger partial charge in [-0.15, -0.1) is 0 Å². The molecule has 7 heteroatoms. The number of allylic oxidation sites excluding steroid dienone is 1. The third-order valence-corrected chi connectivity index (χ3v) is 5.57. The number of rotatable bonds is 10. The smallest absolute Gasteiger partial charge is 0.272 e. The molecule has 2 amide bonds. The van der Waals surface area contributed by atoms with Gasteiger partial charge in [-0.1, -0.05) is 36.4 Å². The lowest BCUT2D eigenvalue weighted by molar-refractivity contribution is -0.113. The van der Waals surface area contributed by atoms with Crippen LogP contribution < -0.4 is 15.4 Å². The van der Waals surface area contributed by atoms with Crippen LogP contribution >= 0.6 is 0 Å². The minimum Gasteiger partial charge on any atom is -0.494 e. The van der Waals surface area contributed by atoms with Crippen molar-refractivity contribution in [3.8, 4) is 5.75 Å². The Bertz CT molecular complexity index is 1480. The molecule has 0 aliphatic heterocycles. The van der Waals surface area contributed by atoms with Crippen LogP contribution in [0, 0.1) is 0 Å². The molecule has 3 aromatic carbocycles. The molecule has 2 N–H and O–H groups in total. The highest BCUT2D eigenvalue weighted by Gasteiger charge is 2.15. The predicted molar refractivity (Wildman–Crippen MR) is 152 cm³/mol. The molecule has 0 unspecified atom stereocenters. The number of carbonyl (C=O) groups excluding carboxylic acids is 3. The number of nitrogens with one attached hydrogen (secondary N) is 2. The first-order valence-corrected chi connectivity index (χ1v) is 12.4. The molecule has 0 saturated carbocycles. The summed E-state index contributed by atoms with van der Waals surface area (Å²) >= 11 is 0. The number of amides is 2. The number of aromatic nitrogens is 1. The highest BCUT2D eigenvalue weighted by molar-refractivity contribution is 6.11. The Morgan fingerprint density at radius 2 is 1.56 bits per heavy atom. The summed E-state index contributed by atoms with van der Waals surface area (Å²) in [5, 5.41) is 5.50. The van der Waals surface area contributed by atoms with Crippen LogP contribution in [0.15, 0.2) is 115 Å². The predicted octanol–water partition coefficient (Wildman–Crippen LogP) is 5.79. The van der Waals surface area contributed by atoms with Gasteiger partial charge in [0.1, 0.15) is 11.4 Å². The summed E-state index contributed by atoms with van der Waals surface area (Å²) < 4.78 is 5.48. The van der Waals surface area contributed by atoms with Gasteiger partial charge in [-0.25, -0.2) is 0 Å². The third-order valence-electron chi connectivity index (χ3n) is 5.57. The lowest BCUT2D eigenvalue weighted by Gasteiger charge is -2.12. The summed E-state index contributed by atoms with van der Waals surface area (Å²) in [5.41, 5.74) is 2.95. The molecule has 0 aliphatic carbocycles. The normalized spacial score (nSPS) is 11.2. The van der Waals surface area contributed by atoms with Gasteiger partial charge in [0.25, 0.3) is 11.8 Å². The Morgan fingerprint density at radius 1 is 0.821 bits per heavy atom. The van der Waals surface area contributed by atoms with Crippen LogP contribution in [-0.4, -0.2) is 29.2 Å². The summed E-state index contributed by atoms with van der Waals surface area (Å²) in [6.07, 6.45) is 8.09. The number of nitrogens with zero attached hydrogens (tertiary/aromatic N) is 1. The second kappa shape index (κ2) is 13.3. The zero-order valence-electron chi connectivity index (χ0n) is 21.3. The third kappa shape index (κ3) is 7.84. The number of pyridine rings is 1. The fraction of sp³-hybridized carbons (Fsp3) is 0.0625. The van der Waals surface area contributed by atoms with Crippen LogP contribution in [-0.2, 0) is 4.79 Å². The molecule has 0 saturated heterocycles. The van der Waals surface area contributed by atoms with E-state index in [-0.39, 0.29) is 11.5 Å². The highest BCUT2D eigenvalue weighted by Crippen LogP contribution is 2.17. The van der Waals surface area contributed by atoms with Crippen LogP contribution in [0.5, 0.6) is 5.75 Å². The Balaban J connectivity index is 1.50. The number of carbonyl (C=O) groups is 3. The summed E-state index contributed by atoms with van der Waals surface area (Å²) in [6, 6.07) is 26.0. The molecule has 194 valence electrons. The molecule has 0 bridgehead atoms. The Morgan fingerprint density at radius 3 is 2.23 bits per heavy atom. The summed E-state index contributed by atoms with van der Waals surface area (Å²) in [4.78, 5) is 42.6. The lowest BCUT2D eigenvalue weighted by Crippen LogP contribution is -2.30. The lowest BCUT2D eigenvalue weighted by atomic mass is 10.1. The van der Waals surface area contributed by atoms with Gasteiger partial charge in [-0.3, -0.25) is 19.4 Å². The number of hydrogen-bond donors (Lipinski definition) is 2. The monoisotopic (exact) mass is 517 g/mol. The van der Waals surface area contributed by atoms with E-state index in [9.17, 15) is 14.4 Å². The van der Waals surface area contributed by atoms with Gasteiger partial charge in [0.05, 0.1) is 6.61 Å². The largest absolute Gasteiger partial charge is 0.494 e. The number of ketones is 1. The van der Waals surface area contributed by atoms with E-state index in [1.807, 2.05) is 19.1 Å². The summed E-state index contributed by atoms with van der Waals surface area (Å²) in [7, 11) is 0. The van der Waals surface area contributed by atoms with E-state index >= 15 is 0 Å². The van der Waals surface area contributed by atoms with Crippen LogP contribution in [0.1, 0.15) is 38.8 Å². The Hall–Kier alpha value is -5.30. The number of benzene rings is 3. The molecule has 0 spiro atoms. The topological polar surface area (TPSA) is 97.4 Å². The van der Waals surface area contributed by atoms with Crippen LogP contribution in [0.25, 0.3) is 12.2 Å². The molecular weight excluding hydrogens is 490 g/mol. The van der Waals surface area contributed by atoms with Crippen molar-refractivity contribution in [1.82, 2.24) is 10.3 Å². The maximum atomic E-state index is 13.2. The van der Waals surface area contributed by atoms with Crippen molar-refractivity contribution in [2.75, 3.05) is 11.9 Å². The van der Waals surface area contributed by atoms with E-state index in [4.69, 9.17) is 4.74 Å². The van der Waals surface area contributed by atoms with Gasteiger partial charge in [0, 0.05) is 29.2 Å². The molecule has 1 aromatic heterocycles. The highest BCUT2D eigenvalue weighted by atomic mass is 16.5. The van der Waals surface area contributed by atoms with Gasteiger partial charge in [0.15, 0.2) is 5.78 Å². The van der Waals surface area contributed by atoms with E-state index in [1.54, 1.807) is 103 Å². The maximum Gasteiger partial charge on any atom is 0.272 e. The van der Waals surface area contributed by atoms with E-state index < -0.39 is 11.8 Å². The maximum absolute atomic E-state index is 13.2. The van der Waals surface area contributed by atoms with Crippen LogP contribution in [0.4, 0.5) is 5.69 Å². The zero-order chi connectivity index (χ0) is 27.5. The number of hydrogen-bond acceptors (Lipinski definition) is 5. The molecule has 4 aromatic rings. The minimum atomic E-state index is -0.510. The first-order valence-electron chi connectivity index (χ1n) is 12.4. The fourth-order valence-electron chi connectivity index (χ4n) is 3.59.